The summed E-state index contributed by atoms with van der Waals surface area (Å²) < 4.78 is 1.80. The topological polar surface area (TPSA) is 121 Å². The fraction of sp³-hybridized carbons (Fsp3) is 0.667. The molecule has 0 saturated carbocycles. The molecule has 1 aromatic heterocycles. The van der Waals surface area contributed by atoms with Crippen LogP contribution >= 0.6 is 11.8 Å². The standard InChI is InChI=1S/C18H25N5O4S/c1-9-14-13(10(2)24)17(25)23(14)15(18(26)27)16(9)28-12-7-11(19-8-12)3-5-22-6-4-20-21-22/h4,6,9-14,19,24H,3,5,7-8H2,1-2H3,(H,26,27)/t9-,10-,11+,12+,13-,14-/m1/s1. The number of aliphatic hydroxyl groups is 1. The number of nitrogens with zero attached hydrogens (tertiary/aromatic N) is 4. The summed E-state index contributed by atoms with van der Waals surface area (Å²) >= 11 is 1.58. The van der Waals surface area contributed by atoms with Crippen molar-refractivity contribution in [3.05, 3.63) is 23.0 Å². The van der Waals surface area contributed by atoms with Crippen molar-refractivity contribution in [2.75, 3.05) is 6.54 Å². The van der Waals surface area contributed by atoms with E-state index >= 15 is 0 Å². The molecule has 10 heteroatoms. The van der Waals surface area contributed by atoms with Crippen LogP contribution in [0.2, 0.25) is 0 Å². The summed E-state index contributed by atoms with van der Waals surface area (Å²) in [6.45, 7) is 5.14. The van der Waals surface area contributed by atoms with Gasteiger partial charge in [0, 0.05) is 41.4 Å². The largest absolute Gasteiger partial charge is 0.477 e. The van der Waals surface area contributed by atoms with Crippen LogP contribution in [0.1, 0.15) is 26.7 Å². The molecule has 0 aliphatic carbocycles. The van der Waals surface area contributed by atoms with Crippen LogP contribution in [0.5, 0.6) is 0 Å². The fourth-order valence-corrected chi connectivity index (χ4v) is 6.11. The quantitative estimate of drug-likeness (QED) is 0.552. The van der Waals surface area contributed by atoms with Crippen molar-refractivity contribution in [2.45, 2.75) is 56.7 Å². The van der Waals surface area contributed by atoms with Crippen LogP contribution < -0.4 is 5.32 Å². The first-order valence-corrected chi connectivity index (χ1v) is 10.5. The normalized spacial score (nSPS) is 33.2. The fourth-order valence-electron chi connectivity index (χ4n) is 4.59. The van der Waals surface area contributed by atoms with E-state index in [2.05, 4.69) is 15.6 Å². The molecule has 0 aromatic carbocycles. The second-order valence-electron chi connectivity index (χ2n) is 7.81. The van der Waals surface area contributed by atoms with Gasteiger partial charge < -0.3 is 20.4 Å². The predicted octanol–water partition coefficient (Wildman–Crippen LogP) is 0.286. The van der Waals surface area contributed by atoms with E-state index in [-0.39, 0.29) is 28.8 Å². The van der Waals surface area contributed by atoms with Crippen molar-refractivity contribution < 1.29 is 19.8 Å². The number of carbonyl (C=O) groups excluding carboxylic acids is 1. The molecule has 0 spiro atoms. The number of aliphatic hydroxyl groups excluding tert-OH is 1. The highest BCUT2D eigenvalue weighted by atomic mass is 32.2. The van der Waals surface area contributed by atoms with Crippen molar-refractivity contribution in [2.24, 2.45) is 11.8 Å². The zero-order valence-corrected chi connectivity index (χ0v) is 16.7. The Balaban J connectivity index is 1.42. The molecule has 4 heterocycles. The van der Waals surface area contributed by atoms with E-state index in [0.29, 0.717) is 6.04 Å². The number of aliphatic carboxylic acids is 1. The van der Waals surface area contributed by atoms with Crippen molar-refractivity contribution in [1.29, 1.82) is 0 Å². The summed E-state index contributed by atoms with van der Waals surface area (Å²) in [5, 5.41) is 31.2. The molecule has 0 unspecified atom stereocenters. The average molecular weight is 407 g/mol. The molecule has 3 N–H and O–H groups in total. The number of carboxylic acid groups (broad SMARTS) is 1. The average Bonchev–Trinajstić information content (AvgIpc) is 3.34. The summed E-state index contributed by atoms with van der Waals surface area (Å²) in [7, 11) is 0. The van der Waals surface area contributed by atoms with Crippen molar-refractivity contribution in [3.63, 3.8) is 0 Å². The maximum atomic E-state index is 12.4. The van der Waals surface area contributed by atoms with E-state index in [1.165, 1.54) is 4.90 Å². The van der Waals surface area contributed by atoms with Gasteiger partial charge in [0.2, 0.25) is 5.91 Å². The minimum absolute atomic E-state index is 0.0809. The third kappa shape index (κ3) is 3.23. The molecule has 6 atom stereocenters. The highest BCUT2D eigenvalue weighted by Gasteiger charge is 2.60. The number of aromatic nitrogens is 3. The third-order valence-corrected chi connectivity index (χ3v) is 7.48. The third-order valence-electron chi connectivity index (χ3n) is 5.96. The molecule has 3 aliphatic heterocycles. The molecule has 1 aromatic rings. The van der Waals surface area contributed by atoms with Crippen molar-refractivity contribution in [3.8, 4) is 0 Å². The van der Waals surface area contributed by atoms with E-state index < -0.39 is 18.0 Å². The molecule has 4 rings (SSSR count). The highest BCUT2D eigenvalue weighted by Crippen LogP contribution is 2.51. The van der Waals surface area contributed by atoms with Gasteiger partial charge >= 0.3 is 5.97 Å². The first kappa shape index (κ1) is 19.4. The monoisotopic (exact) mass is 407 g/mol. The summed E-state index contributed by atoms with van der Waals surface area (Å²) in [4.78, 5) is 26.4. The lowest BCUT2D eigenvalue weighted by molar-refractivity contribution is -0.163. The number of aryl methyl sites for hydroxylation is 1. The van der Waals surface area contributed by atoms with Crippen molar-refractivity contribution >= 4 is 23.6 Å². The Labute approximate surface area is 167 Å². The van der Waals surface area contributed by atoms with Crippen LogP contribution in [0, 0.1) is 11.8 Å². The molecular formula is C18H25N5O4S. The van der Waals surface area contributed by atoms with Crippen LogP contribution in [0.15, 0.2) is 23.0 Å². The Morgan fingerprint density at radius 2 is 2.29 bits per heavy atom. The Hall–Kier alpha value is -1.91. The predicted molar refractivity (Wildman–Crippen MR) is 102 cm³/mol. The van der Waals surface area contributed by atoms with Gasteiger partial charge in [-0.1, -0.05) is 12.1 Å². The minimum atomic E-state index is -1.07. The summed E-state index contributed by atoms with van der Waals surface area (Å²) in [6, 6.07) is 0.0923. The summed E-state index contributed by atoms with van der Waals surface area (Å²) in [5.41, 5.74) is 0.107. The van der Waals surface area contributed by atoms with Gasteiger partial charge in [-0.15, -0.1) is 16.9 Å². The SMILES string of the molecule is C[C@@H](O)[C@H]1C(=O)N2C(C(=O)O)=C(S[C@@H]3CN[C@@H](CCn4ccnn4)C3)[C@H](C)[C@H]12. The number of amides is 1. The Bertz CT molecular complexity index is 796. The van der Waals surface area contributed by atoms with Gasteiger partial charge in [-0.05, 0) is 19.8 Å². The van der Waals surface area contributed by atoms with E-state index in [1.807, 2.05) is 13.1 Å². The molecule has 28 heavy (non-hydrogen) atoms. The molecule has 0 bridgehead atoms. The summed E-state index contributed by atoms with van der Waals surface area (Å²) in [5.74, 6) is -1.94. The highest BCUT2D eigenvalue weighted by molar-refractivity contribution is 8.03. The lowest BCUT2D eigenvalue weighted by Crippen LogP contribution is -2.63. The number of fused-ring (bicyclic) bond motifs is 1. The molecular weight excluding hydrogens is 382 g/mol. The van der Waals surface area contributed by atoms with Gasteiger partial charge in [0.25, 0.3) is 0 Å². The van der Waals surface area contributed by atoms with Crippen molar-refractivity contribution in [1.82, 2.24) is 25.2 Å². The number of hydrogen-bond acceptors (Lipinski definition) is 7. The Kier molecular flexibility index (Phi) is 5.19. The lowest BCUT2D eigenvalue weighted by atomic mass is 9.79. The number of β-lactam (4-membered cyclic amide) rings is 1. The zero-order valence-electron chi connectivity index (χ0n) is 15.9. The first-order valence-electron chi connectivity index (χ1n) is 9.61. The van der Waals surface area contributed by atoms with Gasteiger partial charge in [-0.3, -0.25) is 9.48 Å². The number of rotatable bonds is 7. The molecule has 1 amide bonds. The Morgan fingerprint density at radius 3 is 2.93 bits per heavy atom. The zero-order chi connectivity index (χ0) is 20.0. The van der Waals surface area contributed by atoms with Crippen LogP contribution in [-0.4, -0.2) is 72.0 Å². The van der Waals surface area contributed by atoms with E-state index in [4.69, 9.17) is 0 Å². The van der Waals surface area contributed by atoms with Crippen LogP contribution in [0.3, 0.4) is 0 Å². The van der Waals surface area contributed by atoms with Gasteiger partial charge in [0.05, 0.1) is 24.3 Å². The van der Waals surface area contributed by atoms with Crippen LogP contribution in [0.25, 0.3) is 0 Å². The molecule has 2 saturated heterocycles. The minimum Gasteiger partial charge on any atom is -0.477 e. The number of hydrogen-bond donors (Lipinski definition) is 3. The van der Waals surface area contributed by atoms with Crippen LogP contribution in [-0.2, 0) is 16.1 Å². The van der Waals surface area contributed by atoms with Gasteiger partial charge in [0.1, 0.15) is 5.70 Å². The molecule has 2 fully saturated rings. The molecule has 9 nitrogen and oxygen atoms in total. The van der Waals surface area contributed by atoms with Gasteiger partial charge in [-0.2, -0.15) is 0 Å². The van der Waals surface area contributed by atoms with Gasteiger partial charge in [-0.25, -0.2) is 4.79 Å². The second kappa shape index (κ2) is 7.49. The maximum Gasteiger partial charge on any atom is 0.353 e. The number of nitrogens with one attached hydrogen (secondary N) is 1. The molecule has 0 radical (unpaired) electrons. The smallest absolute Gasteiger partial charge is 0.353 e. The maximum absolute atomic E-state index is 12.4. The molecule has 152 valence electrons. The van der Waals surface area contributed by atoms with Crippen LogP contribution in [0.4, 0.5) is 0 Å². The Morgan fingerprint density at radius 1 is 1.50 bits per heavy atom. The van der Waals surface area contributed by atoms with Gasteiger partial charge in [0.15, 0.2) is 0 Å². The number of carbonyl (C=O) groups is 2. The number of carboxylic acids is 1. The lowest BCUT2D eigenvalue weighted by Gasteiger charge is -2.46. The van der Waals surface area contributed by atoms with E-state index in [0.717, 1.165) is 30.8 Å². The second-order valence-corrected chi connectivity index (χ2v) is 9.15. The van der Waals surface area contributed by atoms with E-state index in [9.17, 15) is 19.8 Å². The summed E-state index contributed by atoms with van der Waals surface area (Å²) in [6.07, 6.45) is 4.59. The molecule has 3 aliphatic rings. The van der Waals surface area contributed by atoms with E-state index in [1.54, 1.807) is 29.6 Å². The first-order chi connectivity index (χ1) is 13.4. The number of thioether (sulfide) groups is 1.